The van der Waals surface area contributed by atoms with E-state index in [-0.39, 0.29) is 17.9 Å². The van der Waals surface area contributed by atoms with Gasteiger partial charge in [0, 0.05) is 35.4 Å². The van der Waals surface area contributed by atoms with Gasteiger partial charge in [-0.3, -0.25) is 9.00 Å². The highest BCUT2D eigenvalue weighted by atomic mass is 32.2. The van der Waals surface area contributed by atoms with E-state index in [0.29, 0.717) is 12.3 Å². The van der Waals surface area contributed by atoms with Gasteiger partial charge in [0.25, 0.3) is 0 Å². The van der Waals surface area contributed by atoms with Gasteiger partial charge >= 0.3 is 0 Å². The zero-order chi connectivity index (χ0) is 20.4. The standard InChI is InChI=1S/C22H27N3O3S/c1-3-29(27)18-10-11-19-20(13-18)25(14-16-5-4-12-23-21(16)24-19)22(26)15-6-8-17(28-2)9-7-15/h4-5,10-13,15,17H,3,6-9,14H2,1-2H3,(H,23,24). The Labute approximate surface area is 174 Å². The van der Waals surface area contributed by atoms with Crippen molar-refractivity contribution >= 4 is 33.9 Å². The van der Waals surface area contributed by atoms with Gasteiger partial charge in [0.05, 0.1) is 34.8 Å². The van der Waals surface area contributed by atoms with Crippen molar-refractivity contribution in [1.82, 2.24) is 4.98 Å². The quantitative estimate of drug-likeness (QED) is 0.820. The van der Waals surface area contributed by atoms with E-state index in [1.165, 1.54) is 0 Å². The third kappa shape index (κ3) is 4.07. The molecular formula is C22H27N3O3S. The molecule has 1 atom stereocenters. The average molecular weight is 414 g/mol. The van der Waals surface area contributed by atoms with Gasteiger partial charge < -0.3 is 15.0 Å². The number of aromatic nitrogens is 1. The number of carbonyl (C=O) groups is 1. The second-order valence-corrected chi connectivity index (χ2v) is 9.32. The Kier molecular flexibility index (Phi) is 5.96. The summed E-state index contributed by atoms with van der Waals surface area (Å²) >= 11 is 0. The van der Waals surface area contributed by atoms with Crippen molar-refractivity contribution in [1.29, 1.82) is 0 Å². The van der Waals surface area contributed by atoms with Crippen LogP contribution in [0.15, 0.2) is 41.4 Å². The minimum atomic E-state index is -1.08. The lowest BCUT2D eigenvalue weighted by atomic mass is 9.86. The molecule has 154 valence electrons. The number of benzene rings is 1. The summed E-state index contributed by atoms with van der Waals surface area (Å²) in [5.74, 6) is 1.41. The predicted molar refractivity (Wildman–Crippen MR) is 115 cm³/mol. The number of amides is 1. The number of fused-ring (bicyclic) bond motifs is 2. The largest absolute Gasteiger partial charge is 0.381 e. The average Bonchev–Trinajstić information content (AvgIpc) is 2.94. The van der Waals surface area contributed by atoms with E-state index in [1.807, 2.05) is 42.2 Å². The minimum Gasteiger partial charge on any atom is -0.381 e. The summed E-state index contributed by atoms with van der Waals surface area (Å²) in [7, 11) is 0.658. The zero-order valence-electron chi connectivity index (χ0n) is 16.9. The first-order valence-electron chi connectivity index (χ1n) is 10.2. The van der Waals surface area contributed by atoms with Gasteiger partial charge in [-0.2, -0.15) is 0 Å². The molecule has 1 aliphatic carbocycles. The Balaban J connectivity index is 1.71. The monoisotopic (exact) mass is 413 g/mol. The summed E-state index contributed by atoms with van der Waals surface area (Å²) in [6.45, 7) is 2.35. The molecule has 1 fully saturated rings. The number of methoxy groups -OCH3 is 1. The fraction of sp³-hybridized carbons (Fsp3) is 0.455. The fourth-order valence-corrected chi connectivity index (χ4v) is 4.97. The normalized spacial score (nSPS) is 22.1. The summed E-state index contributed by atoms with van der Waals surface area (Å²) in [5.41, 5.74) is 2.57. The third-order valence-corrected chi connectivity index (χ3v) is 7.18. The number of hydrogen-bond acceptors (Lipinski definition) is 5. The van der Waals surface area contributed by atoms with E-state index in [9.17, 15) is 9.00 Å². The van der Waals surface area contributed by atoms with Gasteiger partial charge in [-0.05, 0) is 49.9 Å². The number of pyridine rings is 1. The van der Waals surface area contributed by atoms with Gasteiger partial charge in [-0.1, -0.05) is 13.0 Å². The topological polar surface area (TPSA) is 71.5 Å². The number of rotatable bonds is 4. The van der Waals surface area contributed by atoms with Crippen molar-refractivity contribution in [3.8, 4) is 0 Å². The van der Waals surface area contributed by atoms with E-state index in [1.54, 1.807) is 13.3 Å². The molecule has 0 spiro atoms. The van der Waals surface area contributed by atoms with Crippen LogP contribution in [0.25, 0.3) is 0 Å². The summed E-state index contributed by atoms with van der Waals surface area (Å²) in [5, 5.41) is 3.37. The van der Waals surface area contributed by atoms with Crippen LogP contribution in [0.3, 0.4) is 0 Å². The number of anilines is 3. The Bertz CT molecular complexity index is 925. The van der Waals surface area contributed by atoms with Crippen molar-refractivity contribution in [2.45, 2.75) is 50.2 Å². The molecule has 1 aromatic heterocycles. The summed E-state index contributed by atoms with van der Waals surface area (Å²) in [6, 6.07) is 9.55. The molecule has 2 aromatic rings. The van der Waals surface area contributed by atoms with Crippen LogP contribution in [-0.4, -0.2) is 34.1 Å². The third-order valence-electron chi connectivity index (χ3n) is 5.88. The Morgan fingerprint density at radius 3 is 2.79 bits per heavy atom. The Hall–Kier alpha value is -2.25. The molecule has 1 N–H and O–H groups in total. The Morgan fingerprint density at radius 1 is 1.28 bits per heavy atom. The molecule has 7 heteroatoms. The molecule has 1 aromatic carbocycles. The van der Waals surface area contributed by atoms with Crippen LogP contribution >= 0.6 is 0 Å². The van der Waals surface area contributed by atoms with Crippen LogP contribution in [0.2, 0.25) is 0 Å². The van der Waals surface area contributed by atoms with Crippen LogP contribution in [-0.2, 0) is 26.9 Å². The molecule has 6 nitrogen and oxygen atoms in total. The van der Waals surface area contributed by atoms with E-state index < -0.39 is 10.8 Å². The summed E-state index contributed by atoms with van der Waals surface area (Å²) in [4.78, 5) is 20.6. The second kappa shape index (κ2) is 8.63. The second-order valence-electron chi connectivity index (χ2n) is 7.58. The molecule has 1 amide bonds. The smallest absolute Gasteiger partial charge is 0.230 e. The molecule has 29 heavy (non-hydrogen) atoms. The molecular weight excluding hydrogens is 386 g/mol. The number of nitrogens with zero attached hydrogens (tertiary/aromatic N) is 2. The highest BCUT2D eigenvalue weighted by Gasteiger charge is 2.33. The van der Waals surface area contributed by atoms with E-state index in [2.05, 4.69) is 10.3 Å². The maximum Gasteiger partial charge on any atom is 0.230 e. The number of carbonyl (C=O) groups excluding carboxylic acids is 1. The number of nitrogens with one attached hydrogen (secondary N) is 1. The minimum absolute atomic E-state index is 0.0206. The van der Waals surface area contributed by atoms with Gasteiger partial charge in [0.15, 0.2) is 0 Å². The first kappa shape index (κ1) is 20.0. The van der Waals surface area contributed by atoms with E-state index >= 15 is 0 Å². The van der Waals surface area contributed by atoms with Gasteiger partial charge in [-0.25, -0.2) is 4.98 Å². The van der Waals surface area contributed by atoms with Crippen molar-refractivity contribution < 1.29 is 13.7 Å². The van der Waals surface area contributed by atoms with Crippen LogP contribution < -0.4 is 10.2 Å². The molecule has 0 bridgehead atoms. The lowest BCUT2D eigenvalue weighted by molar-refractivity contribution is -0.124. The molecule has 2 heterocycles. The highest BCUT2D eigenvalue weighted by molar-refractivity contribution is 7.85. The SMILES string of the molecule is CCS(=O)c1ccc2c(c1)N(C(=O)C1CCC(OC)CC1)Cc1cccnc1N2. The molecule has 1 saturated carbocycles. The van der Waals surface area contributed by atoms with E-state index in [0.717, 1.165) is 53.3 Å². The van der Waals surface area contributed by atoms with Crippen LogP contribution in [0.5, 0.6) is 0 Å². The molecule has 0 radical (unpaired) electrons. The molecule has 2 aliphatic rings. The molecule has 1 aliphatic heterocycles. The van der Waals surface area contributed by atoms with E-state index in [4.69, 9.17) is 4.74 Å². The fourth-order valence-electron chi connectivity index (χ4n) is 4.17. The van der Waals surface area contributed by atoms with Crippen LogP contribution in [0.4, 0.5) is 17.2 Å². The van der Waals surface area contributed by atoms with Crippen molar-refractivity contribution in [3.05, 3.63) is 42.1 Å². The molecule has 1 unspecified atom stereocenters. The summed E-state index contributed by atoms with van der Waals surface area (Å²) < 4.78 is 17.9. The zero-order valence-corrected chi connectivity index (χ0v) is 17.7. The first-order valence-corrected chi connectivity index (χ1v) is 11.5. The number of hydrogen-bond donors (Lipinski definition) is 1. The Morgan fingerprint density at radius 2 is 2.07 bits per heavy atom. The van der Waals surface area contributed by atoms with Gasteiger partial charge in [0.1, 0.15) is 5.82 Å². The maximum absolute atomic E-state index is 13.6. The first-order chi connectivity index (χ1) is 14.1. The van der Waals surface area contributed by atoms with Gasteiger partial charge in [-0.15, -0.1) is 0 Å². The van der Waals surface area contributed by atoms with Crippen molar-refractivity contribution in [2.24, 2.45) is 5.92 Å². The molecule has 4 rings (SSSR count). The van der Waals surface area contributed by atoms with Gasteiger partial charge in [0.2, 0.25) is 5.91 Å². The number of ether oxygens (including phenoxy) is 1. The maximum atomic E-state index is 13.6. The lowest BCUT2D eigenvalue weighted by Crippen LogP contribution is -2.38. The molecule has 0 saturated heterocycles. The van der Waals surface area contributed by atoms with Crippen LogP contribution in [0.1, 0.15) is 38.2 Å². The predicted octanol–water partition coefficient (Wildman–Crippen LogP) is 4.00. The van der Waals surface area contributed by atoms with Crippen LogP contribution in [0, 0.1) is 5.92 Å². The van der Waals surface area contributed by atoms with Crippen molar-refractivity contribution in [2.75, 3.05) is 23.1 Å². The lowest BCUT2D eigenvalue weighted by Gasteiger charge is -2.32. The summed E-state index contributed by atoms with van der Waals surface area (Å²) in [6.07, 6.45) is 5.47. The van der Waals surface area contributed by atoms with Crippen molar-refractivity contribution in [3.63, 3.8) is 0 Å². The highest BCUT2D eigenvalue weighted by Crippen LogP contribution is 2.38.